The second-order valence-corrected chi connectivity index (χ2v) is 12.8. The van der Waals surface area contributed by atoms with E-state index in [0.717, 1.165) is 66.6 Å². The van der Waals surface area contributed by atoms with Crippen molar-refractivity contribution in [3.63, 3.8) is 0 Å². The van der Waals surface area contributed by atoms with E-state index in [4.69, 9.17) is 9.47 Å². The maximum absolute atomic E-state index is 13.2. The molecule has 1 saturated carbocycles. The Balaban J connectivity index is 1.19. The zero-order valence-corrected chi connectivity index (χ0v) is 22.4. The van der Waals surface area contributed by atoms with E-state index in [2.05, 4.69) is 37.8 Å². The highest BCUT2D eigenvalue weighted by Gasteiger charge is 2.52. The van der Waals surface area contributed by atoms with Crippen molar-refractivity contribution in [1.82, 2.24) is 29.2 Å². The molecule has 4 aliphatic rings. The monoisotopic (exact) mass is 563 g/mol. The molecule has 1 amide bonds. The van der Waals surface area contributed by atoms with Crippen molar-refractivity contribution in [3.05, 3.63) is 23.5 Å². The number of halogens is 2. The minimum absolute atomic E-state index is 0.0136. The Hall–Kier alpha value is -2.39. The number of ether oxygens (including phenoxy) is 2. The molecule has 14 heteroatoms. The molecule has 3 saturated heterocycles. The van der Waals surface area contributed by atoms with Gasteiger partial charge in [0.05, 0.1) is 49.2 Å². The maximum atomic E-state index is 13.2. The van der Waals surface area contributed by atoms with Crippen molar-refractivity contribution in [2.75, 3.05) is 50.9 Å². The molecule has 38 heavy (non-hydrogen) atoms. The predicted molar refractivity (Wildman–Crippen MR) is 137 cm³/mol. The Morgan fingerprint density at radius 2 is 2.11 bits per heavy atom. The van der Waals surface area contributed by atoms with Gasteiger partial charge in [0.2, 0.25) is 0 Å². The summed E-state index contributed by atoms with van der Waals surface area (Å²) in [7, 11) is 0. The summed E-state index contributed by atoms with van der Waals surface area (Å²) in [6.45, 7) is 6.54. The number of hydrogen-bond acceptors (Lipinski definition) is 10. The number of amides is 1. The van der Waals surface area contributed by atoms with Crippen LogP contribution in [0.1, 0.15) is 31.2 Å². The van der Waals surface area contributed by atoms with Crippen molar-refractivity contribution in [2.24, 2.45) is 5.41 Å². The predicted octanol–water partition coefficient (Wildman–Crippen LogP) is 3.00. The van der Waals surface area contributed by atoms with Crippen LogP contribution in [0.4, 0.5) is 14.5 Å². The third kappa shape index (κ3) is 4.35. The fourth-order valence-corrected chi connectivity index (χ4v) is 6.71. The second-order valence-electron chi connectivity index (χ2n) is 10.9. The van der Waals surface area contributed by atoms with Gasteiger partial charge in [-0.1, -0.05) is 11.3 Å². The van der Waals surface area contributed by atoms with Crippen LogP contribution in [0.5, 0.6) is 0 Å². The van der Waals surface area contributed by atoms with Crippen LogP contribution < -0.4 is 9.62 Å². The number of hydrogen-bond donors (Lipinski definition) is 1. The number of anilines is 1. The van der Waals surface area contributed by atoms with Gasteiger partial charge in [-0.3, -0.25) is 13.9 Å². The highest BCUT2D eigenvalue weighted by Crippen LogP contribution is 2.40. The Kier molecular flexibility index (Phi) is 5.89. The molecule has 4 fully saturated rings. The third-order valence-electron chi connectivity index (χ3n) is 7.69. The molecule has 1 spiro atoms. The number of nitrogens with one attached hydrogen (secondary N) is 1. The van der Waals surface area contributed by atoms with Gasteiger partial charge in [-0.05, 0) is 37.8 Å². The van der Waals surface area contributed by atoms with Crippen LogP contribution in [0.15, 0.2) is 23.4 Å². The summed E-state index contributed by atoms with van der Waals surface area (Å²) in [4.78, 5) is 22.7. The Bertz CT molecular complexity index is 1380. The van der Waals surface area contributed by atoms with Crippen molar-refractivity contribution < 1.29 is 23.0 Å². The molecule has 3 aromatic heterocycles. The fourth-order valence-electron chi connectivity index (χ4n) is 5.12. The van der Waals surface area contributed by atoms with Crippen LogP contribution in [0, 0.1) is 5.41 Å². The number of nitrogens with zero attached hydrogens (tertiary/aromatic N) is 6. The number of imidazole rings is 1. The van der Waals surface area contributed by atoms with E-state index in [1.807, 2.05) is 15.5 Å². The quantitative estimate of drug-likeness (QED) is 0.435. The van der Waals surface area contributed by atoms with Crippen LogP contribution in [0.3, 0.4) is 0 Å². The summed E-state index contributed by atoms with van der Waals surface area (Å²) in [6.07, 6.45) is 2.66. The lowest BCUT2D eigenvalue weighted by Crippen LogP contribution is -2.69. The molecule has 10 nitrogen and oxygen atoms in total. The molecule has 0 aromatic carbocycles. The van der Waals surface area contributed by atoms with Gasteiger partial charge in [0.25, 0.3) is 12.3 Å². The minimum atomic E-state index is -2.68. The summed E-state index contributed by atoms with van der Waals surface area (Å²) >= 11 is 2.38. The van der Waals surface area contributed by atoms with E-state index in [1.54, 1.807) is 6.20 Å². The van der Waals surface area contributed by atoms with Crippen molar-refractivity contribution in [2.45, 2.75) is 42.7 Å². The Labute approximate surface area is 225 Å². The number of carbonyl (C=O) groups excluding carboxylic acids is 1. The number of aromatic nitrogens is 4. The van der Waals surface area contributed by atoms with Crippen LogP contribution in [0.25, 0.3) is 16.3 Å². The number of likely N-dealkylation sites (tertiary alicyclic amines) is 1. The number of fused-ring (bicyclic) bond motifs is 1. The van der Waals surface area contributed by atoms with Crippen molar-refractivity contribution in [1.29, 1.82) is 0 Å². The number of pyridine rings is 1. The molecule has 1 N–H and O–H groups in total. The van der Waals surface area contributed by atoms with Gasteiger partial charge in [-0.2, -0.15) is 0 Å². The lowest BCUT2D eigenvalue weighted by atomic mass is 9.78. The molecule has 0 radical (unpaired) electrons. The SMILES string of the molecule is CC1(NSc2cc(N3CCOC(C(=O)N4CC5(COC5)C4)C3)c3cnc(-c4nnc(C(F)F)s4)n3c2)CC1. The van der Waals surface area contributed by atoms with Gasteiger partial charge in [0.1, 0.15) is 0 Å². The number of rotatable bonds is 7. The van der Waals surface area contributed by atoms with Gasteiger partial charge >= 0.3 is 0 Å². The first-order valence-electron chi connectivity index (χ1n) is 12.6. The van der Waals surface area contributed by atoms with Crippen molar-refractivity contribution in [3.8, 4) is 10.8 Å². The van der Waals surface area contributed by atoms with E-state index in [0.29, 0.717) is 30.5 Å². The molecule has 1 unspecified atom stereocenters. The first-order chi connectivity index (χ1) is 18.3. The van der Waals surface area contributed by atoms with E-state index < -0.39 is 12.5 Å². The summed E-state index contributed by atoms with van der Waals surface area (Å²) in [5, 5.41) is 7.62. The molecule has 202 valence electrons. The normalized spacial score (nSPS) is 23.6. The van der Waals surface area contributed by atoms with E-state index >= 15 is 0 Å². The number of morpholine rings is 1. The van der Waals surface area contributed by atoms with Crippen LogP contribution in [0.2, 0.25) is 0 Å². The van der Waals surface area contributed by atoms with Crippen LogP contribution >= 0.6 is 23.3 Å². The highest BCUT2D eigenvalue weighted by molar-refractivity contribution is 7.97. The van der Waals surface area contributed by atoms with Gasteiger partial charge in [0, 0.05) is 36.3 Å². The van der Waals surface area contributed by atoms with Crippen LogP contribution in [-0.4, -0.2) is 88.0 Å². The molecule has 3 aromatic rings. The number of alkyl halides is 2. The largest absolute Gasteiger partial charge is 0.380 e. The zero-order chi connectivity index (χ0) is 26.1. The van der Waals surface area contributed by atoms with E-state index in [1.165, 1.54) is 11.9 Å². The Morgan fingerprint density at radius 3 is 2.79 bits per heavy atom. The first kappa shape index (κ1) is 24.6. The van der Waals surface area contributed by atoms with E-state index in [-0.39, 0.29) is 21.9 Å². The van der Waals surface area contributed by atoms with Gasteiger partial charge < -0.3 is 19.3 Å². The van der Waals surface area contributed by atoms with Crippen LogP contribution in [-0.2, 0) is 14.3 Å². The topological polar surface area (TPSA) is 97.1 Å². The molecular weight excluding hydrogens is 536 g/mol. The lowest BCUT2D eigenvalue weighted by Gasteiger charge is -2.55. The number of carbonyl (C=O) groups is 1. The summed E-state index contributed by atoms with van der Waals surface area (Å²) in [5.41, 5.74) is 1.97. The van der Waals surface area contributed by atoms with E-state index in [9.17, 15) is 13.6 Å². The molecule has 7 rings (SSSR count). The Morgan fingerprint density at radius 1 is 1.29 bits per heavy atom. The van der Waals surface area contributed by atoms with Gasteiger partial charge in [-0.25, -0.2) is 13.8 Å². The van der Waals surface area contributed by atoms with Gasteiger partial charge in [-0.15, -0.1) is 10.2 Å². The standard InChI is InChI=1S/C24H27F2N7O3S2/c1-23(2-3-23)30-38-14-6-15(16-7-27-19(33(16)8-14)21-29-28-20(37-21)18(25)26)31-4-5-36-17(9-31)22(34)32-10-24(11-32)12-35-13-24/h6-8,17-18,30H,2-5,9-13H2,1H3. The third-order valence-corrected chi connectivity index (χ3v) is 9.67. The lowest BCUT2D eigenvalue weighted by molar-refractivity contribution is -0.201. The first-order valence-corrected chi connectivity index (χ1v) is 14.2. The molecule has 1 aliphatic carbocycles. The molecular formula is C24H27F2N7O3S2. The van der Waals surface area contributed by atoms with Crippen molar-refractivity contribution >= 4 is 40.4 Å². The molecule has 0 bridgehead atoms. The summed E-state index contributed by atoms with van der Waals surface area (Å²) in [5.74, 6) is 0.472. The molecule has 3 aliphatic heterocycles. The average Bonchev–Trinajstić information content (AvgIpc) is 3.23. The summed E-state index contributed by atoms with van der Waals surface area (Å²) < 4.78 is 43.1. The smallest absolute Gasteiger partial charge is 0.291 e. The highest BCUT2D eigenvalue weighted by atomic mass is 32.2. The zero-order valence-electron chi connectivity index (χ0n) is 20.7. The molecule has 6 heterocycles. The second kappa shape index (κ2) is 9.08. The maximum Gasteiger partial charge on any atom is 0.291 e. The summed E-state index contributed by atoms with van der Waals surface area (Å²) in [6, 6.07) is 2.09. The average molecular weight is 564 g/mol. The van der Waals surface area contributed by atoms with Gasteiger partial charge in [0.15, 0.2) is 21.9 Å². The fraction of sp³-hybridized carbons (Fsp3) is 0.583. The minimum Gasteiger partial charge on any atom is -0.380 e. The molecule has 1 atom stereocenters.